The van der Waals surface area contributed by atoms with Crippen molar-refractivity contribution in [1.82, 2.24) is 15.5 Å². The van der Waals surface area contributed by atoms with Gasteiger partial charge in [0.15, 0.2) is 5.82 Å². The zero-order valence-corrected chi connectivity index (χ0v) is 11.0. The summed E-state index contributed by atoms with van der Waals surface area (Å²) in [4.78, 5) is 15.6. The Labute approximate surface area is 107 Å². The van der Waals surface area contributed by atoms with E-state index in [9.17, 15) is 4.79 Å². The summed E-state index contributed by atoms with van der Waals surface area (Å²) < 4.78 is 5.07. The Balaban J connectivity index is 2.22. The molecule has 0 saturated carbocycles. The summed E-state index contributed by atoms with van der Waals surface area (Å²) in [5, 5.41) is 15.3. The molecule has 0 aliphatic rings. The number of aliphatic hydroxyl groups is 1. The van der Waals surface area contributed by atoms with Gasteiger partial charge in [-0.2, -0.15) is 4.98 Å². The molecule has 0 aliphatic carbocycles. The zero-order valence-electron chi connectivity index (χ0n) is 11.0. The largest absolute Gasteiger partial charge is 0.394 e. The van der Waals surface area contributed by atoms with Gasteiger partial charge in [0.1, 0.15) is 0 Å². The molecule has 1 unspecified atom stereocenters. The average molecular weight is 255 g/mol. The van der Waals surface area contributed by atoms with E-state index in [4.69, 9.17) is 9.63 Å². The number of hydrogen-bond acceptors (Lipinski definition) is 5. The van der Waals surface area contributed by atoms with Crippen LogP contribution in [0.15, 0.2) is 4.52 Å². The van der Waals surface area contributed by atoms with Crippen molar-refractivity contribution in [2.45, 2.75) is 52.0 Å². The number of carbonyl (C=O) groups excluding carboxylic acids is 1. The van der Waals surface area contributed by atoms with E-state index < -0.39 is 0 Å². The summed E-state index contributed by atoms with van der Waals surface area (Å²) in [5.74, 6) is 1.25. The fourth-order valence-corrected chi connectivity index (χ4v) is 1.51. The van der Waals surface area contributed by atoms with Crippen molar-refractivity contribution in [2.24, 2.45) is 0 Å². The van der Waals surface area contributed by atoms with Crippen LogP contribution in [0.4, 0.5) is 0 Å². The molecule has 2 N–H and O–H groups in total. The summed E-state index contributed by atoms with van der Waals surface area (Å²) >= 11 is 0. The minimum atomic E-state index is -0.197. The van der Waals surface area contributed by atoms with Crippen LogP contribution in [0.3, 0.4) is 0 Å². The normalized spacial score (nSPS) is 12.4. The van der Waals surface area contributed by atoms with Gasteiger partial charge in [-0.1, -0.05) is 12.1 Å². The molecule has 0 aliphatic heterocycles. The molecule has 1 rings (SSSR count). The second-order valence-corrected chi connectivity index (χ2v) is 4.36. The third-order valence-corrected chi connectivity index (χ3v) is 2.46. The number of rotatable bonds is 8. The van der Waals surface area contributed by atoms with Crippen LogP contribution in [0.2, 0.25) is 0 Å². The van der Waals surface area contributed by atoms with E-state index in [1.165, 1.54) is 0 Å². The van der Waals surface area contributed by atoms with Crippen LogP contribution in [0.25, 0.3) is 0 Å². The highest BCUT2D eigenvalue weighted by Gasteiger charge is 2.08. The van der Waals surface area contributed by atoms with Crippen molar-refractivity contribution in [3.05, 3.63) is 11.7 Å². The third-order valence-electron chi connectivity index (χ3n) is 2.46. The summed E-state index contributed by atoms with van der Waals surface area (Å²) in [7, 11) is 0. The van der Waals surface area contributed by atoms with Gasteiger partial charge in [0.05, 0.1) is 6.61 Å². The number of aromatic nitrogens is 2. The quantitative estimate of drug-likeness (QED) is 0.718. The Morgan fingerprint density at radius 1 is 1.50 bits per heavy atom. The van der Waals surface area contributed by atoms with Crippen molar-refractivity contribution in [2.75, 3.05) is 6.61 Å². The minimum Gasteiger partial charge on any atom is -0.394 e. The molecule has 1 heterocycles. The molecule has 18 heavy (non-hydrogen) atoms. The monoisotopic (exact) mass is 255 g/mol. The van der Waals surface area contributed by atoms with E-state index in [1.54, 1.807) is 6.92 Å². The average Bonchev–Trinajstić information content (AvgIpc) is 2.77. The topological polar surface area (TPSA) is 88.2 Å². The predicted molar refractivity (Wildman–Crippen MR) is 65.9 cm³/mol. The highest BCUT2D eigenvalue weighted by molar-refractivity contribution is 5.76. The van der Waals surface area contributed by atoms with Crippen molar-refractivity contribution < 1.29 is 14.4 Å². The molecule has 0 radical (unpaired) electrons. The number of nitrogens with zero attached hydrogens (tertiary/aromatic N) is 2. The highest BCUT2D eigenvalue weighted by Crippen LogP contribution is 2.04. The van der Waals surface area contributed by atoms with Gasteiger partial charge in [0, 0.05) is 25.3 Å². The molecule has 1 atom stereocenters. The summed E-state index contributed by atoms with van der Waals surface area (Å²) in [6.45, 7) is 3.77. The van der Waals surface area contributed by atoms with E-state index in [0.717, 1.165) is 18.7 Å². The van der Waals surface area contributed by atoms with E-state index in [2.05, 4.69) is 22.4 Å². The first-order valence-corrected chi connectivity index (χ1v) is 6.37. The van der Waals surface area contributed by atoms with Crippen LogP contribution in [0.1, 0.15) is 44.8 Å². The zero-order chi connectivity index (χ0) is 13.4. The van der Waals surface area contributed by atoms with Gasteiger partial charge in [-0.25, -0.2) is 0 Å². The number of nitrogens with one attached hydrogen (secondary N) is 1. The highest BCUT2D eigenvalue weighted by atomic mass is 16.5. The fraction of sp³-hybridized carbons (Fsp3) is 0.750. The molecule has 1 aromatic heterocycles. The number of carbonyl (C=O) groups is 1. The number of amides is 1. The molecule has 1 aromatic rings. The third kappa shape index (κ3) is 5.27. The maximum absolute atomic E-state index is 11.4. The summed E-state index contributed by atoms with van der Waals surface area (Å²) in [5.41, 5.74) is 0. The Morgan fingerprint density at radius 2 is 2.28 bits per heavy atom. The van der Waals surface area contributed by atoms with Crippen LogP contribution in [0, 0.1) is 0 Å². The standard InChI is InChI=1S/C12H21N3O3/c1-3-5-10-14-12(18-15-10)7-4-6-11(17)13-9(2)8-16/h9,16H,3-8H2,1-2H3,(H,13,17). The molecule has 0 aromatic carbocycles. The second kappa shape index (κ2) is 7.81. The Hall–Kier alpha value is -1.43. The van der Waals surface area contributed by atoms with Crippen LogP contribution in [0.5, 0.6) is 0 Å². The lowest BCUT2D eigenvalue weighted by Crippen LogP contribution is -2.34. The van der Waals surface area contributed by atoms with E-state index >= 15 is 0 Å². The van der Waals surface area contributed by atoms with E-state index in [1.807, 2.05) is 0 Å². The first kappa shape index (κ1) is 14.6. The van der Waals surface area contributed by atoms with Gasteiger partial charge in [-0.3, -0.25) is 4.79 Å². The maximum atomic E-state index is 11.4. The number of aliphatic hydroxyl groups excluding tert-OH is 1. The SMILES string of the molecule is CCCc1noc(CCCC(=O)NC(C)CO)n1. The molecular formula is C12H21N3O3. The molecule has 0 saturated heterocycles. The van der Waals surface area contributed by atoms with Gasteiger partial charge in [-0.05, 0) is 19.8 Å². The summed E-state index contributed by atoms with van der Waals surface area (Å²) in [6.07, 6.45) is 3.48. The van der Waals surface area contributed by atoms with Crippen LogP contribution in [-0.2, 0) is 17.6 Å². The smallest absolute Gasteiger partial charge is 0.226 e. The lowest BCUT2D eigenvalue weighted by molar-refractivity contribution is -0.122. The Kier molecular flexibility index (Phi) is 6.35. The van der Waals surface area contributed by atoms with Gasteiger partial charge in [0.25, 0.3) is 0 Å². The Bertz CT molecular complexity index is 365. The molecule has 6 nitrogen and oxygen atoms in total. The van der Waals surface area contributed by atoms with Crippen LogP contribution < -0.4 is 5.32 Å². The first-order chi connectivity index (χ1) is 8.65. The second-order valence-electron chi connectivity index (χ2n) is 4.36. The molecule has 0 bridgehead atoms. The molecule has 0 fully saturated rings. The van der Waals surface area contributed by atoms with Crippen molar-refractivity contribution >= 4 is 5.91 Å². The summed E-state index contributed by atoms with van der Waals surface area (Å²) in [6, 6.07) is -0.197. The molecule has 102 valence electrons. The van der Waals surface area contributed by atoms with Gasteiger partial charge in [-0.15, -0.1) is 0 Å². The van der Waals surface area contributed by atoms with Crippen molar-refractivity contribution in [1.29, 1.82) is 0 Å². The molecule has 6 heteroatoms. The van der Waals surface area contributed by atoms with E-state index in [-0.39, 0.29) is 18.6 Å². The number of aryl methyl sites for hydroxylation is 2. The number of hydrogen-bond donors (Lipinski definition) is 2. The molecular weight excluding hydrogens is 234 g/mol. The Morgan fingerprint density at radius 3 is 2.94 bits per heavy atom. The van der Waals surface area contributed by atoms with E-state index in [0.29, 0.717) is 25.2 Å². The molecule has 1 amide bonds. The fourth-order valence-electron chi connectivity index (χ4n) is 1.51. The van der Waals surface area contributed by atoms with Gasteiger partial charge < -0.3 is 14.9 Å². The van der Waals surface area contributed by atoms with Crippen molar-refractivity contribution in [3.63, 3.8) is 0 Å². The van der Waals surface area contributed by atoms with Crippen LogP contribution in [-0.4, -0.2) is 33.8 Å². The van der Waals surface area contributed by atoms with Gasteiger partial charge in [0.2, 0.25) is 11.8 Å². The van der Waals surface area contributed by atoms with Crippen LogP contribution >= 0.6 is 0 Å². The maximum Gasteiger partial charge on any atom is 0.226 e. The lowest BCUT2D eigenvalue weighted by atomic mass is 10.2. The molecule has 0 spiro atoms. The predicted octanol–water partition coefficient (Wildman–Crippen LogP) is 0.842. The van der Waals surface area contributed by atoms with Crippen molar-refractivity contribution in [3.8, 4) is 0 Å². The minimum absolute atomic E-state index is 0.0459. The lowest BCUT2D eigenvalue weighted by Gasteiger charge is -2.09. The first-order valence-electron chi connectivity index (χ1n) is 6.37. The van der Waals surface area contributed by atoms with Gasteiger partial charge >= 0.3 is 0 Å².